The smallest absolute Gasteiger partial charge is 0.238 e. The third-order valence-electron chi connectivity index (χ3n) is 3.53. The first-order chi connectivity index (χ1) is 11.5. The molecule has 0 aliphatic heterocycles. The van der Waals surface area contributed by atoms with Crippen LogP contribution in [0.15, 0.2) is 39.5 Å². The average Bonchev–Trinajstić information content (AvgIpc) is 2.56. The van der Waals surface area contributed by atoms with E-state index in [1.54, 1.807) is 6.07 Å². The minimum absolute atomic E-state index is 0.224. The van der Waals surface area contributed by atoms with Crippen molar-refractivity contribution in [2.45, 2.75) is 0 Å². The monoisotopic (exact) mass is 334 g/mol. The van der Waals surface area contributed by atoms with Crippen LogP contribution in [0.5, 0.6) is 17.2 Å². The Hall–Kier alpha value is -3.09. The molecule has 0 saturated heterocycles. The summed E-state index contributed by atoms with van der Waals surface area (Å²) in [5.41, 5.74) is -1.01. The molecule has 0 aliphatic rings. The molecular formula is C17H12F2O5. The van der Waals surface area contributed by atoms with E-state index in [0.29, 0.717) is 17.6 Å². The van der Waals surface area contributed by atoms with Gasteiger partial charge in [-0.3, -0.25) is 4.79 Å². The minimum Gasteiger partial charge on any atom is -0.502 e. The van der Waals surface area contributed by atoms with E-state index in [0.717, 1.165) is 6.07 Å². The summed E-state index contributed by atoms with van der Waals surface area (Å²) >= 11 is 0. The Morgan fingerprint density at radius 3 is 2.42 bits per heavy atom. The second-order valence-corrected chi connectivity index (χ2v) is 4.94. The Labute approximate surface area is 134 Å². The van der Waals surface area contributed by atoms with Crippen LogP contribution in [0.4, 0.5) is 8.78 Å². The van der Waals surface area contributed by atoms with Crippen LogP contribution in [-0.4, -0.2) is 19.3 Å². The van der Waals surface area contributed by atoms with E-state index in [1.165, 1.54) is 26.4 Å². The number of ether oxygens (including phenoxy) is 2. The van der Waals surface area contributed by atoms with Crippen LogP contribution in [0.1, 0.15) is 0 Å². The SMILES string of the molecule is COc1ccc(-c2oc3cc(F)cc(F)c3c(=O)c2O)cc1OC. The molecule has 24 heavy (non-hydrogen) atoms. The van der Waals surface area contributed by atoms with Gasteiger partial charge >= 0.3 is 0 Å². The molecule has 0 bridgehead atoms. The van der Waals surface area contributed by atoms with Crippen LogP contribution in [-0.2, 0) is 0 Å². The molecule has 0 amide bonds. The number of fused-ring (bicyclic) bond motifs is 1. The van der Waals surface area contributed by atoms with Crippen molar-refractivity contribution < 1.29 is 27.8 Å². The zero-order chi connectivity index (χ0) is 17.4. The molecule has 5 nitrogen and oxygen atoms in total. The summed E-state index contributed by atoms with van der Waals surface area (Å²) in [4.78, 5) is 12.2. The van der Waals surface area contributed by atoms with Crippen molar-refractivity contribution >= 4 is 11.0 Å². The van der Waals surface area contributed by atoms with Crippen LogP contribution in [0.25, 0.3) is 22.3 Å². The predicted molar refractivity (Wildman–Crippen MR) is 82.6 cm³/mol. The summed E-state index contributed by atoms with van der Waals surface area (Å²) in [5, 5.41) is 9.58. The van der Waals surface area contributed by atoms with Gasteiger partial charge < -0.3 is 19.0 Å². The van der Waals surface area contributed by atoms with Crippen LogP contribution >= 0.6 is 0 Å². The maximum atomic E-state index is 13.8. The summed E-state index contributed by atoms with van der Waals surface area (Å²) in [6, 6.07) is 5.96. The molecule has 0 unspecified atom stereocenters. The van der Waals surface area contributed by atoms with Gasteiger partial charge in [-0.25, -0.2) is 8.78 Å². The molecule has 0 atom stereocenters. The number of rotatable bonds is 3. The highest BCUT2D eigenvalue weighted by Crippen LogP contribution is 2.36. The first-order valence-electron chi connectivity index (χ1n) is 6.83. The Balaban J connectivity index is 2.31. The Morgan fingerprint density at radius 1 is 1.04 bits per heavy atom. The number of hydrogen-bond acceptors (Lipinski definition) is 5. The predicted octanol–water partition coefficient (Wildman–Crippen LogP) is 3.46. The molecule has 0 aliphatic carbocycles. The lowest BCUT2D eigenvalue weighted by atomic mass is 10.1. The largest absolute Gasteiger partial charge is 0.502 e. The number of halogens is 2. The van der Waals surface area contributed by atoms with E-state index in [4.69, 9.17) is 13.9 Å². The fourth-order valence-corrected chi connectivity index (χ4v) is 2.40. The third-order valence-corrected chi connectivity index (χ3v) is 3.53. The van der Waals surface area contributed by atoms with Crippen molar-refractivity contribution in [3.8, 4) is 28.6 Å². The van der Waals surface area contributed by atoms with Gasteiger partial charge in [-0.2, -0.15) is 0 Å². The number of aromatic hydroxyl groups is 1. The standard InChI is InChI=1S/C17H12F2O5/c1-22-11-4-3-8(5-12(11)23-2)17-16(21)15(20)14-10(19)6-9(18)7-13(14)24-17/h3-7,21H,1-2H3. The van der Waals surface area contributed by atoms with E-state index in [2.05, 4.69) is 0 Å². The van der Waals surface area contributed by atoms with Crippen LogP contribution in [0, 0.1) is 11.6 Å². The number of methoxy groups -OCH3 is 2. The van der Waals surface area contributed by atoms with Gasteiger partial charge in [0.2, 0.25) is 11.2 Å². The normalized spacial score (nSPS) is 10.8. The van der Waals surface area contributed by atoms with Crippen molar-refractivity contribution in [1.29, 1.82) is 0 Å². The van der Waals surface area contributed by atoms with Gasteiger partial charge in [-0.05, 0) is 18.2 Å². The molecular weight excluding hydrogens is 322 g/mol. The highest BCUT2D eigenvalue weighted by molar-refractivity contribution is 5.82. The summed E-state index contributed by atoms with van der Waals surface area (Å²) in [7, 11) is 2.87. The maximum absolute atomic E-state index is 13.8. The molecule has 0 radical (unpaired) electrons. The fourth-order valence-electron chi connectivity index (χ4n) is 2.40. The van der Waals surface area contributed by atoms with Crippen molar-refractivity contribution in [2.75, 3.05) is 14.2 Å². The number of hydrogen-bond donors (Lipinski definition) is 1. The van der Waals surface area contributed by atoms with Crippen molar-refractivity contribution in [3.05, 3.63) is 52.2 Å². The quantitative estimate of drug-likeness (QED) is 0.794. The van der Waals surface area contributed by atoms with Gasteiger partial charge in [0.15, 0.2) is 17.3 Å². The summed E-state index contributed by atoms with van der Waals surface area (Å²) in [6.45, 7) is 0. The van der Waals surface area contributed by atoms with Gasteiger partial charge in [0.1, 0.15) is 22.6 Å². The van der Waals surface area contributed by atoms with E-state index in [9.17, 15) is 18.7 Å². The second kappa shape index (κ2) is 5.84. The van der Waals surface area contributed by atoms with Crippen molar-refractivity contribution in [3.63, 3.8) is 0 Å². The summed E-state index contributed by atoms with van der Waals surface area (Å²) in [5.74, 6) is -2.23. The van der Waals surface area contributed by atoms with E-state index < -0.39 is 28.2 Å². The lowest BCUT2D eigenvalue weighted by molar-refractivity contribution is 0.355. The molecule has 1 heterocycles. The van der Waals surface area contributed by atoms with Gasteiger partial charge in [-0.15, -0.1) is 0 Å². The zero-order valence-corrected chi connectivity index (χ0v) is 12.7. The molecule has 3 aromatic rings. The highest BCUT2D eigenvalue weighted by Gasteiger charge is 2.20. The van der Waals surface area contributed by atoms with Crippen molar-refractivity contribution in [1.82, 2.24) is 0 Å². The van der Waals surface area contributed by atoms with Crippen LogP contribution in [0.2, 0.25) is 0 Å². The van der Waals surface area contributed by atoms with Crippen LogP contribution in [0.3, 0.4) is 0 Å². The van der Waals surface area contributed by atoms with E-state index in [-0.39, 0.29) is 16.9 Å². The molecule has 0 fully saturated rings. The third kappa shape index (κ3) is 2.44. The second-order valence-electron chi connectivity index (χ2n) is 4.94. The van der Waals surface area contributed by atoms with Gasteiger partial charge in [-0.1, -0.05) is 0 Å². The van der Waals surface area contributed by atoms with Gasteiger partial charge in [0.05, 0.1) is 14.2 Å². The zero-order valence-electron chi connectivity index (χ0n) is 12.7. The molecule has 1 N–H and O–H groups in total. The minimum atomic E-state index is -1.10. The topological polar surface area (TPSA) is 68.9 Å². The number of benzene rings is 2. The molecule has 3 rings (SSSR count). The lowest BCUT2D eigenvalue weighted by Crippen LogP contribution is -2.05. The van der Waals surface area contributed by atoms with E-state index >= 15 is 0 Å². The van der Waals surface area contributed by atoms with Crippen LogP contribution < -0.4 is 14.9 Å². The molecule has 2 aromatic carbocycles. The molecule has 0 saturated carbocycles. The highest BCUT2D eigenvalue weighted by atomic mass is 19.1. The lowest BCUT2D eigenvalue weighted by Gasteiger charge is -2.10. The van der Waals surface area contributed by atoms with E-state index in [1.807, 2.05) is 0 Å². The van der Waals surface area contributed by atoms with Gasteiger partial charge in [0.25, 0.3) is 0 Å². The molecule has 124 valence electrons. The summed E-state index contributed by atoms with van der Waals surface area (Å²) < 4.78 is 42.8. The average molecular weight is 334 g/mol. The molecule has 0 spiro atoms. The first-order valence-corrected chi connectivity index (χ1v) is 6.83. The molecule has 7 heteroatoms. The molecule has 1 aromatic heterocycles. The Bertz CT molecular complexity index is 994. The fraction of sp³-hybridized carbons (Fsp3) is 0.118. The van der Waals surface area contributed by atoms with Gasteiger partial charge in [0, 0.05) is 17.7 Å². The maximum Gasteiger partial charge on any atom is 0.238 e. The Morgan fingerprint density at radius 2 is 1.75 bits per heavy atom. The Kier molecular flexibility index (Phi) is 3.84. The van der Waals surface area contributed by atoms with Crippen molar-refractivity contribution in [2.24, 2.45) is 0 Å². The first kappa shape index (κ1) is 15.8. The summed E-state index contributed by atoms with van der Waals surface area (Å²) in [6.07, 6.45) is 0.